The van der Waals surface area contributed by atoms with Crippen molar-refractivity contribution < 1.29 is 14.7 Å². The Balaban J connectivity index is 2.24. The first-order chi connectivity index (χ1) is 8.11. The van der Waals surface area contributed by atoms with E-state index in [2.05, 4.69) is 17.2 Å². The molecule has 0 aromatic heterocycles. The Morgan fingerprint density at radius 2 is 2.29 bits per heavy atom. The number of urea groups is 1. The zero-order chi connectivity index (χ0) is 12.7. The number of nitrogens with one attached hydrogen (secondary N) is 2. The van der Waals surface area contributed by atoms with Crippen LogP contribution in [0.5, 0.6) is 0 Å². The summed E-state index contributed by atoms with van der Waals surface area (Å²) >= 11 is 0. The van der Waals surface area contributed by atoms with Gasteiger partial charge in [-0.15, -0.1) is 6.58 Å². The average molecular weight is 241 g/mol. The molecule has 1 saturated heterocycles. The smallest absolute Gasteiger partial charge is 0.321 e. The van der Waals surface area contributed by atoms with Gasteiger partial charge in [0.1, 0.15) is 0 Å². The molecule has 1 unspecified atom stereocenters. The first-order valence-electron chi connectivity index (χ1n) is 5.71. The van der Waals surface area contributed by atoms with Crippen molar-refractivity contribution in [2.45, 2.75) is 18.9 Å². The minimum absolute atomic E-state index is 0.137. The molecule has 6 heteroatoms. The summed E-state index contributed by atoms with van der Waals surface area (Å²) in [5.74, 6) is -0.360. The monoisotopic (exact) mass is 241 g/mol. The van der Waals surface area contributed by atoms with Crippen LogP contribution in [0.25, 0.3) is 0 Å². The van der Waals surface area contributed by atoms with Gasteiger partial charge in [-0.05, 0) is 19.4 Å². The highest BCUT2D eigenvalue weighted by atomic mass is 16.3. The highest BCUT2D eigenvalue weighted by Crippen LogP contribution is 2.08. The van der Waals surface area contributed by atoms with Gasteiger partial charge in [-0.2, -0.15) is 0 Å². The summed E-state index contributed by atoms with van der Waals surface area (Å²) in [5, 5.41) is 14.1. The van der Waals surface area contributed by atoms with Crippen LogP contribution in [-0.2, 0) is 4.79 Å². The predicted octanol–water partition coefficient (Wildman–Crippen LogP) is -0.545. The molecule has 0 aromatic rings. The number of hydrogen-bond donors (Lipinski definition) is 3. The van der Waals surface area contributed by atoms with Crippen LogP contribution in [-0.4, -0.2) is 54.2 Å². The lowest BCUT2D eigenvalue weighted by Gasteiger charge is -2.29. The Morgan fingerprint density at radius 1 is 1.53 bits per heavy atom. The van der Waals surface area contributed by atoms with Crippen molar-refractivity contribution in [2.24, 2.45) is 0 Å². The van der Waals surface area contributed by atoms with Gasteiger partial charge in [-0.3, -0.25) is 15.0 Å². The molecule has 3 amide bonds. The summed E-state index contributed by atoms with van der Waals surface area (Å²) in [6.45, 7) is 5.17. The summed E-state index contributed by atoms with van der Waals surface area (Å²) in [6, 6.07) is -0.521. The third-order valence-corrected chi connectivity index (χ3v) is 2.51. The zero-order valence-corrected chi connectivity index (χ0v) is 9.82. The Bertz CT molecular complexity index is 294. The van der Waals surface area contributed by atoms with Crippen molar-refractivity contribution in [2.75, 3.05) is 26.2 Å². The number of β-amino-alcohol motifs (C(OH)–C–C–N with tert-alkyl or cyclic N) is 1. The molecular formula is C11H19N3O3. The third-order valence-electron chi connectivity index (χ3n) is 2.51. The number of nitrogens with zero attached hydrogens (tertiary/aromatic N) is 1. The van der Waals surface area contributed by atoms with Crippen LogP contribution < -0.4 is 10.6 Å². The summed E-state index contributed by atoms with van der Waals surface area (Å²) in [6.07, 6.45) is 2.81. The Labute approximate surface area is 101 Å². The van der Waals surface area contributed by atoms with E-state index in [0.717, 1.165) is 19.4 Å². The van der Waals surface area contributed by atoms with Crippen molar-refractivity contribution in [3.05, 3.63) is 12.7 Å². The van der Waals surface area contributed by atoms with Crippen molar-refractivity contribution in [1.29, 1.82) is 0 Å². The second-order valence-electron chi connectivity index (χ2n) is 4.08. The molecule has 0 aliphatic carbocycles. The molecule has 0 spiro atoms. The molecule has 1 fully saturated rings. The number of likely N-dealkylation sites (tertiary alicyclic amines) is 1. The molecule has 0 radical (unpaired) electrons. The number of hydrogen-bond acceptors (Lipinski definition) is 4. The van der Waals surface area contributed by atoms with Gasteiger partial charge in [-0.25, -0.2) is 4.79 Å². The first-order valence-corrected chi connectivity index (χ1v) is 5.71. The molecule has 96 valence electrons. The SMILES string of the molecule is C=CCNC(=O)NC(=O)CN1CCCC(O)C1. The molecule has 3 N–H and O–H groups in total. The topological polar surface area (TPSA) is 81.7 Å². The van der Waals surface area contributed by atoms with Gasteiger partial charge in [-0.1, -0.05) is 6.08 Å². The van der Waals surface area contributed by atoms with Crippen LogP contribution in [0, 0.1) is 0 Å². The zero-order valence-electron chi connectivity index (χ0n) is 9.82. The number of aliphatic hydroxyl groups excluding tert-OH is 1. The van der Waals surface area contributed by atoms with Crippen LogP contribution in [0.1, 0.15) is 12.8 Å². The molecule has 0 aromatic carbocycles. The summed E-state index contributed by atoms with van der Waals surface area (Å²) in [7, 11) is 0. The van der Waals surface area contributed by atoms with E-state index >= 15 is 0 Å². The number of carbonyl (C=O) groups excluding carboxylic acids is 2. The lowest BCUT2D eigenvalue weighted by atomic mass is 10.1. The molecule has 0 saturated carbocycles. The number of imide groups is 1. The highest BCUT2D eigenvalue weighted by molar-refractivity contribution is 5.95. The maximum atomic E-state index is 11.5. The van der Waals surface area contributed by atoms with E-state index in [9.17, 15) is 14.7 Å². The molecule has 1 aliphatic heterocycles. The van der Waals surface area contributed by atoms with Crippen LogP contribution in [0.3, 0.4) is 0 Å². The molecule has 1 heterocycles. The van der Waals surface area contributed by atoms with Crippen LogP contribution in [0.4, 0.5) is 4.79 Å². The molecule has 1 atom stereocenters. The van der Waals surface area contributed by atoms with E-state index in [1.165, 1.54) is 6.08 Å². The molecule has 6 nitrogen and oxygen atoms in total. The highest BCUT2D eigenvalue weighted by Gasteiger charge is 2.20. The number of aliphatic hydroxyl groups is 1. The van der Waals surface area contributed by atoms with Gasteiger partial charge in [0.15, 0.2) is 0 Å². The van der Waals surface area contributed by atoms with Crippen molar-refractivity contribution >= 4 is 11.9 Å². The average Bonchev–Trinajstić information content (AvgIpc) is 2.26. The van der Waals surface area contributed by atoms with Gasteiger partial charge in [0.2, 0.25) is 5.91 Å². The maximum Gasteiger partial charge on any atom is 0.321 e. The van der Waals surface area contributed by atoms with Crippen LogP contribution in [0.2, 0.25) is 0 Å². The largest absolute Gasteiger partial charge is 0.392 e. The molecular weight excluding hydrogens is 222 g/mol. The van der Waals surface area contributed by atoms with E-state index in [4.69, 9.17) is 0 Å². The fourth-order valence-electron chi connectivity index (χ4n) is 1.75. The normalized spacial score (nSPS) is 20.6. The summed E-state index contributed by atoms with van der Waals surface area (Å²) in [5.41, 5.74) is 0. The summed E-state index contributed by atoms with van der Waals surface area (Å²) in [4.78, 5) is 24.5. The maximum absolute atomic E-state index is 11.5. The Hall–Kier alpha value is -1.40. The Morgan fingerprint density at radius 3 is 2.94 bits per heavy atom. The van der Waals surface area contributed by atoms with Gasteiger partial charge < -0.3 is 10.4 Å². The fraction of sp³-hybridized carbons (Fsp3) is 0.636. The molecule has 17 heavy (non-hydrogen) atoms. The van der Waals surface area contributed by atoms with Crippen molar-refractivity contribution in [1.82, 2.24) is 15.5 Å². The lowest BCUT2D eigenvalue weighted by Crippen LogP contribution is -2.47. The van der Waals surface area contributed by atoms with Gasteiger partial charge in [0.05, 0.1) is 12.6 Å². The molecule has 1 aliphatic rings. The fourth-order valence-corrected chi connectivity index (χ4v) is 1.75. The van der Waals surface area contributed by atoms with Gasteiger partial charge in [0, 0.05) is 13.1 Å². The number of rotatable bonds is 4. The second kappa shape index (κ2) is 7.03. The number of piperidine rings is 1. The van der Waals surface area contributed by atoms with E-state index < -0.39 is 6.03 Å². The minimum atomic E-state index is -0.521. The van der Waals surface area contributed by atoms with E-state index in [-0.39, 0.29) is 18.6 Å². The van der Waals surface area contributed by atoms with Crippen LogP contribution in [0.15, 0.2) is 12.7 Å². The van der Waals surface area contributed by atoms with E-state index in [1.54, 1.807) is 0 Å². The van der Waals surface area contributed by atoms with Gasteiger partial charge >= 0.3 is 6.03 Å². The number of carbonyl (C=O) groups is 2. The van der Waals surface area contributed by atoms with Crippen molar-refractivity contribution in [3.8, 4) is 0 Å². The Kier molecular flexibility index (Phi) is 5.65. The molecule has 0 bridgehead atoms. The summed E-state index contributed by atoms with van der Waals surface area (Å²) < 4.78 is 0. The minimum Gasteiger partial charge on any atom is -0.392 e. The quantitative estimate of drug-likeness (QED) is 0.577. The van der Waals surface area contributed by atoms with Crippen LogP contribution >= 0.6 is 0 Å². The standard InChI is InChI=1S/C11H19N3O3/c1-2-5-12-11(17)13-10(16)8-14-6-3-4-9(15)7-14/h2,9,15H,1,3-8H2,(H2,12,13,16,17). The van der Waals surface area contributed by atoms with Gasteiger partial charge in [0.25, 0.3) is 0 Å². The van der Waals surface area contributed by atoms with Crippen molar-refractivity contribution in [3.63, 3.8) is 0 Å². The molecule has 1 rings (SSSR count). The number of amides is 3. The van der Waals surface area contributed by atoms with E-state index in [1.807, 2.05) is 4.90 Å². The third kappa shape index (κ3) is 5.46. The predicted molar refractivity (Wildman–Crippen MR) is 63.4 cm³/mol. The van der Waals surface area contributed by atoms with E-state index in [0.29, 0.717) is 13.1 Å². The first kappa shape index (κ1) is 13.7. The second-order valence-corrected chi connectivity index (χ2v) is 4.08. The lowest BCUT2D eigenvalue weighted by molar-refractivity contribution is -0.121.